The smallest absolute Gasteiger partial charge is 0.220 e. The number of nitrogens with one attached hydrogen (secondary N) is 1. The first kappa shape index (κ1) is 23.0. The molecule has 1 aliphatic rings. The Kier molecular flexibility index (Phi) is 8.00. The van der Waals surface area contributed by atoms with Crippen molar-refractivity contribution in [3.63, 3.8) is 0 Å². The predicted octanol–water partition coefficient (Wildman–Crippen LogP) is 4.42. The molecule has 3 aromatic rings. The van der Waals surface area contributed by atoms with E-state index in [0.29, 0.717) is 18.7 Å². The maximum Gasteiger partial charge on any atom is 0.220 e. The molecule has 1 amide bonds. The van der Waals surface area contributed by atoms with Crippen molar-refractivity contribution in [2.75, 3.05) is 49.9 Å². The number of halogens is 1. The number of thioether (sulfide) groups is 1. The molecule has 0 atom stereocenters. The van der Waals surface area contributed by atoms with Crippen molar-refractivity contribution in [3.05, 3.63) is 53.8 Å². The molecule has 1 aliphatic heterocycles. The molecule has 2 heterocycles. The maximum absolute atomic E-state index is 12.9. The molecule has 0 unspecified atom stereocenters. The molecule has 0 radical (unpaired) electrons. The Balaban J connectivity index is 1.14. The third-order valence-corrected chi connectivity index (χ3v) is 7.75. The summed E-state index contributed by atoms with van der Waals surface area (Å²) in [5.41, 5.74) is 2.44. The van der Waals surface area contributed by atoms with Crippen molar-refractivity contribution < 1.29 is 9.18 Å². The fraction of sp³-hybridized carbons (Fsp3) is 0.417. The molecule has 4 rings (SSSR count). The van der Waals surface area contributed by atoms with E-state index in [1.165, 1.54) is 22.4 Å². The van der Waals surface area contributed by atoms with Gasteiger partial charge in [0.25, 0.3) is 0 Å². The van der Waals surface area contributed by atoms with E-state index < -0.39 is 0 Å². The second-order valence-corrected chi connectivity index (χ2v) is 10.1. The van der Waals surface area contributed by atoms with Crippen LogP contribution in [0.4, 0.5) is 9.52 Å². The molecule has 32 heavy (non-hydrogen) atoms. The van der Waals surface area contributed by atoms with Gasteiger partial charge in [-0.05, 0) is 48.4 Å². The average molecular weight is 473 g/mol. The number of aryl methyl sites for hydroxylation is 1. The summed E-state index contributed by atoms with van der Waals surface area (Å²) in [4.78, 5) is 22.7. The lowest BCUT2D eigenvalue weighted by Crippen LogP contribution is -2.48. The van der Waals surface area contributed by atoms with Crippen LogP contribution in [0.2, 0.25) is 0 Å². The Hall–Kier alpha value is -2.16. The number of carbonyl (C=O) groups excluding carboxylic acids is 1. The highest BCUT2D eigenvalue weighted by Gasteiger charge is 2.19. The van der Waals surface area contributed by atoms with E-state index in [1.54, 1.807) is 35.2 Å². The van der Waals surface area contributed by atoms with E-state index in [1.807, 2.05) is 0 Å². The summed E-state index contributed by atoms with van der Waals surface area (Å²) in [6.45, 7) is 7.59. The highest BCUT2D eigenvalue weighted by atomic mass is 32.2. The molecule has 1 N–H and O–H groups in total. The topological polar surface area (TPSA) is 48.5 Å². The first-order valence-electron chi connectivity index (χ1n) is 11.1. The summed E-state index contributed by atoms with van der Waals surface area (Å²) >= 11 is 3.35. The van der Waals surface area contributed by atoms with Gasteiger partial charge in [0.05, 0.1) is 10.2 Å². The van der Waals surface area contributed by atoms with Crippen molar-refractivity contribution in [3.8, 4) is 0 Å². The lowest BCUT2D eigenvalue weighted by Gasteiger charge is -2.34. The van der Waals surface area contributed by atoms with Gasteiger partial charge in [-0.1, -0.05) is 24.3 Å². The fourth-order valence-corrected chi connectivity index (χ4v) is 5.64. The van der Waals surface area contributed by atoms with Crippen LogP contribution in [-0.4, -0.2) is 60.8 Å². The number of fused-ring (bicyclic) bond motifs is 1. The molecule has 2 aromatic carbocycles. The largest absolute Gasteiger partial charge is 0.355 e. The summed E-state index contributed by atoms with van der Waals surface area (Å²) in [5, 5.41) is 4.13. The Morgan fingerprint density at radius 1 is 1.16 bits per heavy atom. The van der Waals surface area contributed by atoms with Gasteiger partial charge in [-0.15, -0.1) is 11.8 Å². The Morgan fingerprint density at radius 2 is 1.94 bits per heavy atom. The van der Waals surface area contributed by atoms with Gasteiger partial charge >= 0.3 is 0 Å². The third-order valence-electron chi connectivity index (χ3n) is 5.65. The average Bonchev–Trinajstić information content (AvgIpc) is 3.24. The van der Waals surface area contributed by atoms with Crippen molar-refractivity contribution in [1.29, 1.82) is 0 Å². The molecule has 0 aliphatic carbocycles. The number of carbonyl (C=O) groups is 1. The molecule has 170 valence electrons. The first-order chi connectivity index (χ1) is 15.6. The highest BCUT2D eigenvalue weighted by molar-refractivity contribution is 7.99. The zero-order chi connectivity index (χ0) is 22.3. The van der Waals surface area contributed by atoms with Gasteiger partial charge in [-0.2, -0.15) is 0 Å². The normalized spacial score (nSPS) is 14.8. The zero-order valence-electron chi connectivity index (χ0n) is 18.3. The van der Waals surface area contributed by atoms with Crippen LogP contribution in [0.1, 0.15) is 18.9 Å². The molecule has 0 saturated carbocycles. The quantitative estimate of drug-likeness (QED) is 0.467. The van der Waals surface area contributed by atoms with Gasteiger partial charge in [0, 0.05) is 56.3 Å². The van der Waals surface area contributed by atoms with Crippen LogP contribution in [0.15, 0.2) is 47.4 Å². The van der Waals surface area contributed by atoms with E-state index in [0.717, 1.165) is 54.7 Å². The SMILES string of the molecule is CCc1ccc2nc(N3CCN(CCNC(=O)CCSc4ccc(F)cc4)CC3)sc2c1. The number of amides is 1. The van der Waals surface area contributed by atoms with E-state index in [4.69, 9.17) is 4.98 Å². The van der Waals surface area contributed by atoms with Gasteiger partial charge in [0.1, 0.15) is 5.82 Å². The molecular weight excluding hydrogens is 443 g/mol. The molecule has 5 nitrogen and oxygen atoms in total. The standard InChI is InChI=1S/C24H29FN4OS2/c1-2-18-3-8-21-22(17-18)32-24(27-21)29-14-12-28(13-15-29)11-10-26-23(30)9-16-31-20-6-4-19(25)5-7-20/h3-8,17H,2,9-16H2,1H3,(H,26,30). The number of rotatable bonds is 9. The van der Waals surface area contributed by atoms with Gasteiger partial charge in [-0.3, -0.25) is 9.69 Å². The van der Waals surface area contributed by atoms with Crippen molar-refractivity contribution in [1.82, 2.24) is 15.2 Å². The summed E-state index contributed by atoms with van der Waals surface area (Å²) in [7, 11) is 0. The van der Waals surface area contributed by atoms with Crippen LogP contribution in [0, 0.1) is 5.82 Å². The van der Waals surface area contributed by atoms with E-state index in [9.17, 15) is 9.18 Å². The van der Waals surface area contributed by atoms with Crippen molar-refractivity contribution >= 4 is 44.4 Å². The number of thiazole rings is 1. The predicted molar refractivity (Wildman–Crippen MR) is 132 cm³/mol. The van der Waals surface area contributed by atoms with Crippen molar-refractivity contribution in [2.45, 2.75) is 24.7 Å². The maximum atomic E-state index is 12.9. The Bertz CT molecular complexity index is 1030. The Labute approximate surface area is 197 Å². The van der Waals surface area contributed by atoms with Crippen LogP contribution < -0.4 is 10.2 Å². The highest BCUT2D eigenvalue weighted by Crippen LogP contribution is 2.30. The molecule has 8 heteroatoms. The van der Waals surface area contributed by atoms with E-state index in [-0.39, 0.29) is 11.7 Å². The van der Waals surface area contributed by atoms with Gasteiger partial charge in [0.15, 0.2) is 5.13 Å². The van der Waals surface area contributed by atoms with E-state index in [2.05, 4.69) is 40.2 Å². The first-order valence-corrected chi connectivity index (χ1v) is 12.9. The number of aromatic nitrogens is 1. The summed E-state index contributed by atoms with van der Waals surface area (Å²) < 4.78 is 14.2. The number of hydrogen-bond acceptors (Lipinski definition) is 6. The molecule has 1 saturated heterocycles. The summed E-state index contributed by atoms with van der Waals surface area (Å²) in [6, 6.07) is 12.9. The third kappa shape index (κ3) is 6.21. The van der Waals surface area contributed by atoms with Crippen LogP contribution in [0.25, 0.3) is 10.2 Å². The lowest BCUT2D eigenvalue weighted by atomic mass is 10.2. The number of anilines is 1. The van der Waals surface area contributed by atoms with Crippen LogP contribution >= 0.6 is 23.1 Å². The monoisotopic (exact) mass is 472 g/mol. The summed E-state index contributed by atoms with van der Waals surface area (Å²) in [6.07, 6.45) is 1.51. The number of nitrogens with zero attached hydrogens (tertiary/aromatic N) is 3. The Morgan fingerprint density at radius 3 is 2.69 bits per heavy atom. The summed E-state index contributed by atoms with van der Waals surface area (Å²) in [5.74, 6) is 0.524. The molecule has 0 bridgehead atoms. The molecular formula is C24H29FN4OS2. The second kappa shape index (κ2) is 11.1. The van der Waals surface area contributed by atoms with Crippen LogP contribution in [-0.2, 0) is 11.2 Å². The molecule has 0 spiro atoms. The second-order valence-electron chi connectivity index (χ2n) is 7.88. The van der Waals surface area contributed by atoms with E-state index >= 15 is 0 Å². The van der Waals surface area contributed by atoms with Crippen molar-refractivity contribution in [2.24, 2.45) is 0 Å². The number of hydrogen-bond donors (Lipinski definition) is 1. The molecule has 1 fully saturated rings. The zero-order valence-corrected chi connectivity index (χ0v) is 20.0. The van der Waals surface area contributed by atoms with Gasteiger partial charge in [-0.25, -0.2) is 9.37 Å². The van der Waals surface area contributed by atoms with Crippen LogP contribution in [0.5, 0.6) is 0 Å². The minimum atomic E-state index is -0.237. The number of piperazine rings is 1. The van der Waals surface area contributed by atoms with Gasteiger partial charge in [0.2, 0.25) is 5.91 Å². The minimum absolute atomic E-state index is 0.0687. The van der Waals surface area contributed by atoms with Crippen LogP contribution in [0.3, 0.4) is 0 Å². The fourth-order valence-electron chi connectivity index (χ4n) is 3.71. The van der Waals surface area contributed by atoms with Gasteiger partial charge < -0.3 is 10.2 Å². The lowest BCUT2D eigenvalue weighted by molar-refractivity contribution is -0.120. The minimum Gasteiger partial charge on any atom is -0.355 e. The number of benzene rings is 2. The molecule has 1 aromatic heterocycles.